The van der Waals surface area contributed by atoms with Crippen LogP contribution in [0, 0.1) is 17.7 Å². The number of halogens is 1. The van der Waals surface area contributed by atoms with Crippen LogP contribution in [-0.4, -0.2) is 36.2 Å². The molecule has 1 aromatic carbocycles. The lowest BCUT2D eigenvalue weighted by Crippen LogP contribution is -2.31. The molecule has 0 aliphatic heterocycles. The maximum Gasteiger partial charge on any atom is 0.321 e. The van der Waals surface area contributed by atoms with E-state index in [2.05, 4.69) is 17.2 Å². The smallest absolute Gasteiger partial charge is 0.321 e. The van der Waals surface area contributed by atoms with Gasteiger partial charge < -0.3 is 15.3 Å². The molecule has 0 unspecified atom stereocenters. The minimum atomic E-state index is -0.445. The minimum absolute atomic E-state index is 0.295. The van der Waals surface area contributed by atoms with E-state index in [1.165, 1.54) is 23.1 Å². The number of hydrogen-bond acceptors (Lipinski definition) is 2. The van der Waals surface area contributed by atoms with E-state index in [4.69, 9.17) is 5.11 Å². The van der Waals surface area contributed by atoms with Crippen LogP contribution in [0.25, 0.3) is 0 Å². The number of benzene rings is 1. The SMILES string of the molecule is CCN(C)C(=O)Nc1ccc(F)cc1C#CCO. The van der Waals surface area contributed by atoms with Gasteiger partial charge in [-0.15, -0.1) is 0 Å². The number of urea groups is 1. The number of anilines is 1. The molecule has 2 amide bonds. The average molecular weight is 250 g/mol. The molecule has 96 valence electrons. The largest absolute Gasteiger partial charge is 0.384 e. The fourth-order valence-electron chi connectivity index (χ4n) is 1.22. The van der Waals surface area contributed by atoms with E-state index in [0.29, 0.717) is 17.8 Å². The molecule has 0 fully saturated rings. The Morgan fingerprint density at radius 3 is 2.89 bits per heavy atom. The number of aliphatic hydroxyl groups is 1. The van der Waals surface area contributed by atoms with E-state index >= 15 is 0 Å². The Bertz CT molecular complexity index is 491. The molecule has 0 aliphatic carbocycles. The van der Waals surface area contributed by atoms with Crippen LogP contribution in [0.4, 0.5) is 14.9 Å². The van der Waals surface area contributed by atoms with Crippen molar-refractivity contribution in [2.24, 2.45) is 0 Å². The lowest BCUT2D eigenvalue weighted by molar-refractivity contribution is 0.224. The molecule has 1 aromatic rings. The Morgan fingerprint density at radius 1 is 1.56 bits per heavy atom. The Labute approximate surface area is 105 Å². The number of nitrogens with zero attached hydrogens (tertiary/aromatic N) is 1. The van der Waals surface area contributed by atoms with Crippen molar-refractivity contribution in [1.29, 1.82) is 0 Å². The van der Waals surface area contributed by atoms with E-state index in [1.807, 2.05) is 6.92 Å². The molecule has 2 N–H and O–H groups in total. The van der Waals surface area contributed by atoms with Crippen LogP contribution in [0.1, 0.15) is 12.5 Å². The zero-order valence-corrected chi connectivity index (χ0v) is 10.3. The number of amides is 2. The van der Waals surface area contributed by atoms with Crippen molar-refractivity contribution in [3.8, 4) is 11.8 Å². The Morgan fingerprint density at radius 2 is 2.28 bits per heavy atom. The maximum atomic E-state index is 13.1. The third kappa shape index (κ3) is 3.75. The quantitative estimate of drug-likeness (QED) is 0.784. The zero-order chi connectivity index (χ0) is 13.5. The molecule has 0 aromatic heterocycles. The van der Waals surface area contributed by atoms with Crippen molar-refractivity contribution in [3.63, 3.8) is 0 Å². The number of carbonyl (C=O) groups excluding carboxylic acids is 1. The van der Waals surface area contributed by atoms with Gasteiger partial charge in [0.15, 0.2) is 0 Å². The second-order valence-corrected chi connectivity index (χ2v) is 3.59. The second-order valence-electron chi connectivity index (χ2n) is 3.59. The van der Waals surface area contributed by atoms with Gasteiger partial charge in [0.05, 0.1) is 11.3 Å². The molecule has 0 bridgehead atoms. The summed E-state index contributed by atoms with van der Waals surface area (Å²) in [5.74, 6) is 4.57. The summed E-state index contributed by atoms with van der Waals surface area (Å²) in [6.07, 6.45) is 0. The highest BCUT2D eigenvalue weighted by atomic mass is 19.1. The molecule has 0 saturated heterocycles. The van der Waals surface area contributed by atoms with Crippen LogP contribution < -0.4 is 5.32 Å². The lowest BCUT2D eigenvalue weighted by atomic mass is 10.1. The first-order valence-electron chi connectivity index (χ1n) is 5.50. The molecule has 1 rings (SSSR count). The first kappa shape index (κ1) is 14.0. The number of hydrogen-bond donors (Lipinski definition) is 2. The summed E-state index contributed by atoms with van der Waals surface area (Å²) >= 11 is 0. The highest BCUT2D eigenvalue weighted by Gasteiger charge is 2.09. The molecular weight excluding hydrogens is 235 g/mol. The van der Waals surface area contributed by atoms with Crippen LogP contribution in [0.2, 0.25) is 0 Å². The first-order valence-corrected chi connectivity index (χ1v) is 5.50. The number of aliphatic hydroxyl groups excluding tert-OH is 1. The molecule has 0 spiro atoms. The molecule has 0 atom stereocenters. The topological polar surface area (TPSA) is 52.6 Å². The average Bonchev–Trinajstić information content (AvgIpc) is 2.37. The van der Waals surface area contributed by atoms with Crippen LogP contribution in [0.15, 0.2) is 18.2 Å². The lowest BCUT2D eigenvalue weighted by Gasteiger charge is -2.16. The van der Waals surface area contributed by atoms with Crippen LogP contribution in [-0.2, 0) is 0 Å². The summed E-state index contributed by atoms with van der Waals surface area (Å²) in [7, 11) is 1.65. The van der Waals surface area contributed by atoms with Gasteiger partial charge in [-0.2, -0.15) is 0 Å². The van der Waals surface area contributed by atoms with E-state index in [9.17, 15) is 9.18 Å². The third-order valence-electron chi connectivity index (χ3n) is 2.35. The van der Waals surface area contributed by atoms with Crippen molar-refractivity contribution < 1.29 is 14.3 Å². The molecule has 0 aliphatic rings. The molecule has 0 radical (unpaired) electrons. The summed E-state index contributed by atoms with van der Waals surface area (Å²) in [6.45, 7) is 2.08. The van der Waals surface area contributed by atoms with Crippen LogP contribution >= 0.6 is 0 Å². The van der Waals surface area contributed by atoms with Gasteiger partial charge in [0, 0.05) is 13.6 Å². The van der Waals surface area contributed by atoms with Gasteiger partial charge in [0.25, 0.3) is 0 Å². The Hall–Kier alpha value is -2.06. The normalized spacial score (nSPS) is 9.33. The van der Waals surface area contributed by atoms with Gasteiger partial charge in [-0.25, -0.2) is 9.18 Å². The second kappa shape index (κ2) is 6.62. The van der Waals surface area contributed by atoms with Crippen molar-refractivity contribution in [3.05, 3.63) is 29.6 Å². The first-order chi connectivity index (χ1) is 8.58. The van der Waals surface area contributed by atoms with E-state index in [-0.39, 0.29) is 12.6 Å². The van der Waals surface area contributed by atoms with E-state index in [1.54, 1.807) is 7.05 Å². The standard InChI is InChI=1S/C13H15FN2O2/c1-3-16(2)13(18)15-12-7-6-11(14)9-10(12)5-4-8-17/h6-7,9,17H,3,8H2,1-2H3,(H,15,18). The van der Waals surface area contributed by atoms with Crippen LogP contribution in [0.5, 0.6) is 0 Å². The fourth-order valence-corrected chi connectivity index (χ4v) is 1.22. The number of rotatable bonds is 2. The van der Waals surface area contributed by atoms with Crippen molar-refractivity contribution >= 4 is 11.7 Å². The fraction of sp³-hybridized carbons (Fsp3) is 0.308. The van der Waals surface area contributed by atoms with Gasteiger partial charge in [0.1, 0.15) is 12.4 Å². The molecule has 18 heavy (non-hydrogen) atoms. The summed E-state index contributed by atoms with van der Waals surface area (Å²) in [5, 5.41) is 11.3. The Kier molecular flexibility index (Phi) is 5.15. The summed E-state index contributed by atoms with van der Waals surface area (Å²) in [4.78, 5) is 13.2. The summed E-state index contributed by atoms with van der Waals surface area (Å²) in [6, 6.07) is 3.60. The minimum Gasteiger partial charge on any atom is -0.384 e. The third-order valence-corrected chi connectivity index (χ3v) is 2.35. The van der Waals surface area contributed by atoms with Gasteiger partial charge >= 0.3 is 6.03 Å². The molecule has 0 heterocycles. The predicted octanol–water partition coefficient (Wildman–Crippen LogP) is 1.65. The number of nitrogens with one attached hydrogen (secondary N) is 1. The van der Waals surface area contributed by atoms with Crippen molar-refractivity contribution in [2.45, 2.75) is 6.92 Å². The van der Waals surface area contributed by atoms with Crippen LogP contribution in [0.3, 0.4) is 0 Å². The van der Waals surface area contributed by atoms with Gasteiger partial charge in [-0.05, 0) is 25.1 Å². The van der Waals surface area contributed by atoms with Crippen molar-refractivity contribution in [2.75, 3.05) is 25.5 Å². The monoisotopic (exact) mass is 250 g/mol. The summed E-state index contributed by atoms with van der Waals surface area (Å²) in [5.41, 5.74) is 0.754. The number of carbonyl (C=O) groups is 1. The molecule has 4 nitrogen and oxygen atoms in total. The highest BCUT2D eigenvalue weighted by molar-refractivity contribution is 5.90. The predicted molar refractivity (Wildman–Crippen MR) is 67.7 cm³/mol. The summed E-state index contributed by atoms with van der Waals surface area (Å²) < 4.78 is 13.1. The van der Waals surface area contributed by atoms with E-state index in [0.717, 1.165) is 0 Å². The molecular formula is C13H15FN2O2. The zero-order valence-electron chi connectivity index (χ0n) is 10.3. The van der Waals surface area contributed by atoms with E-state index < -0.39 is 5.82 Å². The highest BCUT2D eigenvalue weighted by Crippen LogP contribution is 2.16. The van der Waals surface area contributed by atoms with Gasteiger partial charge in [-0.1, -0.05) is 11.8 Å². The molecule has 0 saturated carbocycles. The Balaban J connectivity index is 2.97. The maximum absolute atomic E-state index is 13.1. The van der Waals surface area contributed by atoms with Crippen molar-refractivity contribution in [1.82, 2.24) is 4.90 Å². The molecule has 5 heteroatoms. The van der Waals surface area contributed by atoms with Gasteiger partial charge in [0.2, 0.25) is 0 Å². The van der Waals surface area contributed by atoms with Gasteiger partial charge in [-0.3, -0.25) is 0 Å².